The molecule has 1 aliphatic carbocycles. The smallest absolute Gasteiger partial charge is 0.212 e. The van der Waals surface area contributed by atoms with E-state index in [0.29, 0.717) is 29.8 Å². The van der Waals surface area contributed by atoms with Gasteiger partial charge >= 0.3 is 0 Å². The van der Waals surface area contributed by atoms with Crippen LogP contribution in [0.15, 0.2) is 48.7 Å². The number of methoxy groups -OCH3 is 1. The highest BCUT2D eigenvalue weighted by molar-refractivity contribution is 5.97. The summed E-state index contributed by atoms with van der Waals surface area (Å²) in [4.78, 5) is 18.9. The fourth-order valence-corrected chi connectivity index (χ4v) is 4.77. The summed E-state index contributed by atoms with van der Waals surface area (Å²) in [5.74, 6) is 1.55. The number of likely N-dealkylation sites (tertiary alicyclic amines) is 1. The summed E-state index contributed by atoms with van der Waals surface area (Å²) in [5, 5.41) is 11.0. The van der Waals surface area contributed by atoms with Crippen molar-refractivity contribution < 1.29 is 14.6 Å². The van der Waals surface area contributed by atoms with E-state index in [1.807, 2.05) is 18.2 Å². The molecule has 0 spiro atoms. The monoisotopic (exact) mass is 366 g/mol. The number of ether oxygens (including phenoxy) is 1. The molecule has 1 aliphatic heterocycles. The lowest BCUT2D eigenvalue weighted by Crippen LogP contribution is -2.34. The van der Waals surface area contributed by atoms with E-state index < -0.39 is 5.60 Å². The molecule has 4 rings (SSSR count). The van der Waals surface area contributed by atoms with Gasteiger partial charge in [0.2, 0.25) is 5.88 Å². The molecule has 3 atom stereocenters. The quantitative estimate of drug-likeness (QED) is 0.796. The standard InChI is InChI=1S/C22H26N2O3/c1-27-21-8-7-17(12-23-21)20(25)15-24-13-18-10-22(26,11-19(18)14-24)9-16-5-3-2-4-6-16/h2-8,12,18-19,26H,9-11,13-15H2,1H3/t18-,19+,22?. The first-order valence-electron chi connectivity index (χ1n) is 9.56. The summed E-state index contributed by atoms with van der Waals surface area (Å²) in [6.45, 7) is 2.19. The largest absolute Gasteiger partial charge is 0.481 e. The zero-order chi connectivity index (χ0) is 18.9. The van der Waals surface area contributed by atoms with Gasteiger partial charge in [-0.3, -0.25) is 9.69 Å². The van der Waals surface area contributed by atoms with E-state index in [2.05, 4.69) is 22.0 Å². The lowest BCUT2D eigenvalue weighted by atomic mass is 9.91. The van der Waals surface area contributed by atoms with Crippen molar-refractivity contribution >= 4 is 5.78 Å². The number of pyridine rings is 1. The number of aliphatic hydroxyl groups is 1. The van der Waals surface area contributed by atoms with E-state index in [9.17, 15) is 9.90 Å². The first kappa shape index (κ1) is 18.1. The van der Waals surface area contributed by atoms with Crippen LogP contribution in [0.2, 0.25) is 0 Å². The number of ketones is 1. The van der Waals surface area contributed by atoms with Crippen molar-refractivity contribution in [2.45, 2.75) is 24.9 Å². The molecule has 1 unspecified atom stereocenters. The third kappa shape index (κ3) is 4.04. The van der Waals surface area contributed by atoms with E-state index in [0.717, 1.165) is 32.4 Å². The SMILES string of the molecule is COc1ccc(C(=O)CN2C[C@@H]3CC(O)(Cc4ccccc4)C[C@@H]3C2)cn1. The van der Waals surface area contributed by atoms with E-state index >= 15 is 0 Å². The van der Waals surface area contributed by atoms with Gasteiger partial charge in [0, 0.05) is 37.3 Å². The summed E-state index contributed by atoms with van der Waals surface area (Å²) < 4.78 is 5.04. The highest BCUT2D eigenvalue weighted by atomic mass is 16.5. The predicted molar refractivity (Wildman–Crippen MR) is 103 cm³/mol. The maximum atomic E-state index is 12.5. The summed E-state index contributed by atoms with van der Waals surface area (Å²) in [7, 11) is 1.56. The molecule has 0 amide bonds. The fraction of sp³-hybridized carbons (Fsp3) is 0.455. The molecule has 1 aromatic carbocycles. The van der Waals surface area contributed by atoms with Crippen LogP contribution in [-0.4, -0.2) is 53.1 Å². The molecule has 5 nitrogen and oxygen atoms in total. The summed E-state index contributed by atoms with van der Waals surface area (Å²) >= 11 is 0. The molecule has 1 saturated carbocycles. The second-order valence-electron chi connectivity index (χ2n) is 8.02. The Morgan fingerprint density at radius 3 is 2.48 bits per heavy atom. The average molecular weight is 366 g/mol. The molecule has 2 aliphatic rings. The van der Waals surface area contributed by atoms with Crippen molar-refractivity contribution in [2.24, 2.45) is 11.8 Å². The van der Waals surface area contributed by atoms with Gasteiger partial charge in [-0.05, 0) is 36.3 Å². The summed E-state index contributed by atoms with van der Waals surface area (Å²) in [6.07, 6.45) is 3.94. The maximum Gasteiger partial charge on any atom is 0.212 e. The van der Waals surface area contributed by atoms with E-state index in [1.165, 1.54) is 5.56 Å². The van der Waals surface area contributed by atoms with Gasteiger partial charge in [-0.25, -0.2) is 4.98 Å². The van der Waals surface area contributed by atoms with E-state index in [1.54, 1.807) is 25.4 Å². The van der Waals surface area contributed by atoms with Crippen LogP contribution in [0.25, 0.3) is 0 Å². The van der Waals surface area contributed by atoms with Crippen LogP contribution in [0.5, 0.6) is 5.88 Å². The minimum Gasteiger partial charge on any atom is -0.481 e. The molecular weight excluding hydrogens is 340 g/mol. The molecule has 1 N–H and O–H groups in total. The number of benzene rings is 1. The van der Waals surface area contributed by atoms with Crippen LogP contribution in [0.1, 0.15) is 28.8 Å². The van der Waals surface area contributed by atoms with Crippen LogP contribution >= 0.6 is 0 Å². The average Bonchev–Trinajstić information content (AvgIpc) is 3.16. The number of hydrogen-bond acceptors (Lipinski definition) is 5. The second kappa shape index (κ2) is 7.41. The topological polar surface area (TPSA) is 62.7 Å². The van der Waals surface area contributed by atoms with Gasteiger partial charge in [0.25, 0.3) is 0 Å². The molecule has 2 fully saturated rings. The zero-order valence-electron chi connectivity index (χ0n) is 15.7. The van der Waals surface area contributed by atoms with Gasteiger partial charge in [0.1, 0.15) is 0 Å². The van der Waals surface area contributed by atoms with Crippen LogP contribution in [0.4, 0.5) is 0 Å². The molecule has 142 valence electrons. The Kier molecular flexibility index (Phi) is 4.98. The van der Waals surface area contributed by atoms with Crippen molar-refractivity contribution in [1.82, 2.24) is 9.88 Å². The van der Waals surface area contributed by atoms with Crippen LogP contribution in [-0.2, 0) is 6.42 Å². The normalized spacial score (nSPS) is 27.5. The van der Waals surface area contributed by atoms with Gasteiger partial charge in [-0.1, -0.05) is 30.3 Å². The van der Waals surface area contributed by atoms with Crippen molar-refractivity contribution in [2.75, 3.05) is 26.7 Å². The van der Waals surface area contributed by atoms with E-state index in [-0.39, 0.29) is 5.78 Å². The third-order valence-electron chi connectivity index (χ3n) is 5.95. The summed E-state index contributed by atoms with van der Waals surface area (Å²) in [5.41, 5.74) is 1.21. The number of aromatic nitrogens is 1. The minimum absolute atomic E-state index is 0.0877. The van der Waals surface area contributed by atoms with Crippen molar-refractivity contribution in [3.05, 3.63) is 59.8 Å². The molecule has 2 heterocycles. The highest BCUT2D eigenvalue weighted by Crippen LogP contribution is 2.45. The van der Waals surface area contributed by atoms with Gasteiger partial charge < -0.3 is 9.84 Å². The second-order valence-corrected chi connectivity index (χ2v) is 8.02. The van der Waals surface area contributed by atoms with Crippen molar-refractivity contribution in [3.63, 3.8) is 0 Å². The van der Waals surface area contributed by atoms with Crippen LogP contribution in [0.3, 0.4) is 0 Å². The van der Waals surface area contributed by atoms with Gasteiger partial charge in [-0.2, -0.15) is 0 Å². The first-order chi connectivity index (χ1) is 13.0. The number of carbonyl (C=O) groups excluding carboxylic acids is 1. The Balaban J connectivity index is 1.32. The Morgan fingerprint density at radius 2 is 1.89 bits per heavy atom. The van der Waals surface area contributed by atoms with Crippen molar-refractivity contribution in [1.29, 1.82) is 0 Å². The number of Topliss-reactive ketones (excluding diaryl/α,β-unsaturated/α-hetero) is 1. The maximum absolute atomic E-state index is 12.5. The van der Waals surface area contributed by atoms with Crippen molar-refractivity contribution in [3.8, 4) is 5.88 Å². The molecule has 27 heavy (non-hydrogen) atoms. The Morgan fingerprint density at radius 1 is 1.19 bits per heavy atom. The first-order valence-corrected chi connectivity index (χ1v) is 9.56. The third-order valence-corrected chi connectivity index (χ3v) is 5.95. The van der Waals surface area contributed by atoms with Crippen LogP contribution < -0.4 is 4.74 Å². The van der Waals surface area contributed by atoms with Gasteiger partial charge in [-0.15, -0.1) is 0 Å². The molecule has 5 heteroatoms. The molecule has 2 aromatic rings. The highest BCUT2D eigenvalue weighted by Gasteiger charge is 2.48. The molecule has 0 radical (unpaired) electrons. The lowest BCUT2D eigenvalue weighted by molar-refractivity contribution is 0.0355. The zero-order valence-corrected chi connectivity index (χ0v) is 15.7. The van der Waals surface area contributed by atoms with Crippen LogP contribution in [0, 0.1) is 11.8 Å². The summed E-state index contributed by atoms with van der Waals surface area (Å²) in [6, 6.07) is 13.7. The minimum atomic E-state index is -0.604. The number of hydrogen-bond donors (Lipinski definition) is 1. The molecular formula is C22H26N2O3. The Hall–Kier alpha value is -2.24. The number of rotatable bonds is 6. The predicted octanol–water partition coefficient (Wildman–Crippen LogP) is 2.59. The Bertz CT molecular complexity index is 777. The van der Waals surface area contributed by atoms with Gasteiger partial charge in [0.05, 0.1) is 19.3 Å². The number of nitrogens with zero attached hydrogens (tertiary/aromatic N) is 2. The number of fused-ring (bicyclic) bond motifs is 1. The van der Waals surface area contributed by atoms with E-state index in [4.69, 9.17) is 4.74 Å². The lowest BCUT2D eigenvalue weighted by Gasteiger charge is -2.26. The Labute approximate surface area is 160 Å². The molecule has 0 bridgehead atoms. The van der Waals surface area contributed by atoms with Gasteiger partial charge in [0.15, 0.2) is 5.78 Å². The molecule has 1 saturated heterocycles. The molecule has 1 aromatic heterocycles. The number of carbonyl (C=O) groups is 1. The fourth-order valence-electron chi connectivity index (χ4n) is 4.77.